The normalized spacial score (nSPS) is 13.2. The fourth-order valence-electron chi connectivity index (χ4n) is 0.767. The van der Waals surface area contributed by atoms with E-state index in [0.29, 0.717) is 0 Å². The van der Waals surface area contributed by atoms with Crippen molar-refractivity contribution in [1.82, 2.24) is 0 Å². The van der Waals surface area contributed by atoms with Crippen LogP contribution in [-0.2, 0) is 14.3 Å². The summed E-state index contributed by atoms with van der Waals surface area (Å²) >= 11 is 0. The van der Waals surface area contributed by atoms with E-state index in [4.69, 9.17) is 0 Å². The number of rotatable bonds is 4. The molecule has 0 heterocycles. The zero-order valence-corrected chi connectivity index (χ0v) is 9.15. The van der Waals surface area contributed by atoms with Gasteiger partial charge >= 0.3 is 0 Å². The summed E-state index contributed by atoms with van der Waals surface area (Å²) in [7, 11) is -3.37. The first-order valence-corrected chi connectivity index (χ1v) is 6.14. The monoisotopic (exact) mass is 204 g/mol. The molecule has 0 aliphatic heterocycles. The van der Waals surface area contributed by atoms with Gasteiger partial charge in [-0.3, -0.25) is 4.18 Å². The van der Waals surface area contributed by atoms with Gasteiger partial charge in [0, 0.05) is 6.42 Å². The lowest BCUT2D eigenvalue weighted by atomic mass is 10.2. The average molecular weight is 204 g/mol. The fraction of sp³-hybridized carbons (Fsp3) is 0.778. The standard InChI is InChI=1S/C9H16O3S/c1-4-5-6-7-8-9(2)12-13(3,10)11/h9H,4-6H2,1-3H3. The molecule has 1 unspecified atom stereocenters. The van der Waals surface area contributed by atoms with Crippen LogP contribution < -0.4 is 0 Å². The molecule has 0 N–H and O–H groups in total. The molecule has 0 aliphatic rings. The van der Waals surface area contributed by atoms with Gasteiger partial charge in [-0.2, -0.15) is 8.42 Å². The number of hydrogen-bond acceptors (Lipinski definition) is 3. The molecule has 0 aromatic heterocycles. The quantitative estimate of drug-likeness (QED) is 0.396. The predicted molar refractivity (Wildman–Crippen MR) is 52.7 cm³/mol. The highest BCUT2D eigenvalue weighted by Crippen LogP contribution is 1.96. The third kappa shape index (κ3) is 9.38. The lowest BCUT2D eigenvalue weighted by molar-refractivity contribution is 0.286. The van der Waals surface area contributed by atoms with E-state index < -0.39 is 16.2 Å². The van der Waals surface area contributed by atoms with Crippen molar-refractivity contribution in [3.05, 3.63) is 0 Å². The summed E-state index contributed by atoms with van der Waals surface area (Å²) < 4.78 is 25.9. The molecule has 0 aromatic carbocycles. The maximum absolute atomic E-state index is 10.6. The largest absolute Gasteiger partial charge is 0.265 e. The molecule has 0 radical (unpaired) electrons. The van der Waals surface area contributed by atoms with E-state index in [1.54, 1.807) is 6.92 Å². The van der Waals surface area contributed by atoms with Gasteiger partial charge in [0.05, 0.1) is 6.26 Å². The van der Waals surface area contributed by atoms with Crippen molar-refractivity contribution in [3.63, 3.8) is 0 Å². The fourth-order valence-corrected chi connectivity index (χ4v) is 1.34. The number of unbranched alkanes of at least 4 members (excludes halogenated alkanes) is 2. The van der Waals surface area contributed by atoms with E-state index in [9.17, 15) is 8.42 Å². The molecule has 0 spiro atoms. The third-order valence-corrected chi connectivity index (χ3v) is 1.92. The molecule has 0 bridgehead atoms. The highest BCUT2D eigenvalue weighted by Gasteiger charge is 2.05. The van der Waals surface area contributed by atoms with Crippen LogP contribution in [0.2, 0.25) is 0 Å². The van der Waals surface area contributed by atoms with Crippen LogP contribution in [0.15, 0.2) is 0 Å². The van der Waals surface area contributed by atoms with Crippen LogP contribution in [0.3, 0.4) is 0 Å². The Morgan fingerprint density at radius 1 is 1.46 bits per heavy atom. The molecule has 0 saturated heterocycles. The molecule has 3 nitrogen and oxygen atoms in total. The molecule has 1 atom stereocenters. The summed E-state index contributed by atoms with van der Waals surface area (Å²) in [6, 6.07) is 0. The van der Waals surface area contributed by atoms with Crippen molar-refractivity contribution in [2.75, 3.05) is 6.26 Å². The van der Waals surface area contributed by atoms with Gasteiger partial charge in [0.25, 0.3) is 10.1 Å². The van der Waals surface area contributed by atoms with Crippen molar-refractivity contribution >= 4 is 10.1 Å². The van der Waals surface area contributed by atoms with Gasteiger partial charge in [-0.1, -0.05) is 19.3 Å². The van der Waals surface area contributed by atoms with Gasteiger partial charge in [-0.25, -0.2) is 0 Å². The molecule has 0 aromatic rings. The smallest absolute Gasteiger partial charge is 0.254 e. The molecule has 4 heteroatoms. The van der Waals surface area contributed by atoms with Crippen LogP contribution in [0.25, 0.3) is 0 Å². The molecule has 0 saturated carbocycles. The summed E-state index contributed by atoms with van der Waals surface area (Å²) in [5.41, 5.74) is 0. The van der Waals surface area contributed by atoms with Crippen LogP contribution in [0, 0.1) is 11.8 Å². The van der Waals surface area contributed by atoms with Crippen molar-refractivity contribution in [2.24, 2.45) is 0 Å². The van der Waals surface area contributed by atoms with E-state index in [-0.39, 0.29) is 0 Å². The van der Waals surface area contributed by atoms with E-state index in [0.717, 1.165) is 25.5 Å². The second-order valence-corrected chi connectivity index (χ2v) is 4.47. The van der Waals surface area contributed by atoms with Crippen LogP contribution in [0.1, 0.15) is 33.1 Å². The Morgan fingerprint density at radius 2 is 2.08 bits per heavy atom. The Kier molecular flexibility index (Phi) is 5.76. The van der Waals surface area contributed by atoms with Gasteiger partial charge in [0.1, 0.15) is 6.10 Å². The predicted octanol–water partition coefficient (Wildman–Crippen LogP) is 1.54. The Labute approximate surface area is 80.6 Å². The Hall–Kier alpha value is -0.530. The SMILES string of the molecule is CCCCC#CC(C)OS(C)(=O)=O. The van der Waals surface area contributed by atoms with Crippen molar-refractivity contribution < 1.29 is 12.6 Å². The summed E-state index contributed by atoms with van der Waals surface area (Å²) in [6.45, 7) is 3.71. The molecule has 0 amide bonds. The molecule has 0 rings (SSSR count). The van der Waals surface area contributed by atoms with Crippen LogP contribution in [-0.4, -0.2) is 20.8 Å². The maximum Gasteiger partial charge on any atom is 0.265 e. The Balaban J connectivity index is 3.84. The van der Waals surface area contributed by atoms with Gasteiger partial charge in [0.15, 0.2) is 0 Å². The zero-order chi connectivity index (χ0) is 10.3. The highest BCUT2D eigenvalue weighted by molar-refractivity contribution is 7.86. The third-order valence-electron chi connectivity index (χ3n) is 1.28. The lowest BCUT2D eigenvalue weighted by Crippen LogP contribution is -2.11. The van der Waals surface area contributed by atoms with Gasteiger partial charge in [-0.05, 0) is 13.3 Å². The van der Waals surface area contributed by atoms with Crippen molar-refractivity contribution in [2.45, 2.75) is 39.2 Å². The summed E-state index contributed by atoms with van der Waals surface area (Å²) in [5.74, 6) is 5.59. The van der Waals surface area contributed by atoms with Crippen LogP contribution >= 0.6 is 0 Å². The molecule has 0 aliphatic carbocycles. The minimum Gasteiger partial charge on any atom is -0.254 e. The maximum atomic E-state index is 10.6. The summed E-state index contributed by atoms with van der Waals surface area (Å²) in [4.78, 5) is 0. The first-order chi connectivity index (χ1) is 5.95. The van der Waals surface area contributed by atoms with Gasteiger partial charge in [0.2, 0.25) is 0 Å². The molecular weight excluding hydrogens is 188 g/mol. The second kappa shape index (κ2) is 6.01. The Bertz CT molecular complexity index is 282. The Morgan fingerprint density at radius 3 is 2.54 bits per heavy atom. The summed E-state index contributed by atoms with van der Waals surface area (Å²) in [5, 5.41) is 0. The van der Waals surface area contributed by atoms with E-state index >= 15 is 0 Å². The van der Waals surface area contributed by atoms with E-state index in [1.165, 1.54) is 0 Å². The van der Waals surface area contributed by atoms with Crippen molar-refractivity contribution in [1.29, 1.82) is 0 Å². The topological polar surface area (TPSA) is 43.4 Å². The first kappa shape index (κ1) is 12.5. The lowest BCUT2D eigenvalue weighted by Gasteiger charge is -2.01. The molecular formula is C9H16O3S. The molecule has 76 valence electrons. The number of hydrogen-bond donors (Lipinski definition) is 0. The second-order valence-electron chi connectivity index (χ2n) is 2.87. The van der Waals surface area contributed by atoms with Crippen molar-refractivity contribution in [3.8, 4) is 11.8 Å². The molecule has 0 fully saturated rings. The highest BCUT2D eigenvalue weighted by atomic mass is 32.2. The van der Waals surface area contributed by atoms with Gasteiger partial charge < -0.3 is 0 Å². The first-order valence-electron chi connectivity index (χ1n) is 4.32. The molecule has 13 heavy (non-hydrogen) atoms. The zero-order valence-electron chi connectivity index (χ0n) is 8.33. The minimum atomic E-state index is -3.37. The van der Waals surface area contributed by atoms with E-state index in [1.807, 2.05) is 0 Å². The summed E-state index contributed by atoms with van der Waals surface area (Å²) in [6.07, 6.45) is 3.42. The van der Waals surface area contributed by atoms with E-state index in [2.05, 4.69) is 22.9 Å². The average Bonchev–Trinajstić information content (AvgIpc) is 1.94. The van der Waals surface area contributed by atoms with Crippen LogP contribution in [0.4, 0.5) is 0 Å². The minimum absolute atomic E-state index is 0.535. The van der Waals surface area contributed by atoms with Crippen LogP contribution in [0.5, 0.6) is 0 Å². The van der Waals surface area contributed by atoms with Gasteiger partial charge in [-0.15, -0.1) is 5.92 Å².